The molecule has 30 heavy (non-hydrogen) atoms. The number of rotatable bonds is 8. The van der Waals surface area contributed by atoms with E-state index in [-0.39, 0.29) is 5.97 Å². The molecule has 4 aromatic rings. The fourth-order valence-electron chi connectivity index (χ4n) is 2.96. The van der Waals surface area contributed by atoms with E-state index in [4.69, 9.17) is 14.5 Å². The van der Waals surface area contributed by atoms with Crippen LogP contribution in [0.25, 0.3) is 11.3 Å². The number of carbonyl (C=O) groups excluding carboxylic acids is 1. The van der Waals surface area contributed by atoms with Crippen molar-refractivity contribution in [3.63, 3.8) is 0 Å². The highest BCUT2D eigenvalue weighted by atomic mass is 32.1. The van der Waals surface area contributed by atoms with Crippen LogP contribution in [0.15, 0.2) is 72.4 Å². The summed E-state index contributed by atoms with van der Waals surface area (Å²) >= 11 is 1.55. The first kappa shape index (κ1) is 19.8. The molecule has 4 rings (SSSR count). The van der Waals surface area contributed by atoms with Crippen LogP contribution < -0.4 is 4.74 Å². The minimum atomic E-state index is -0.368. The summed E-state index contributed by atoms with van der Waals surface area (Å²) in [7, 11) is 0. The smallest absolute Gasteiger partial charge is 0.341 e. The molecule has 0 fully saturated rings. The molecule has 0 radical (unpaired) electrons. The molecule has 0 aliphatic carbocycles. The quantitative estimate of drug-likeness (QED) is 0.384. The van der Waals surface area contributed by atoms with Crippen LogP contribution in [0.3, 0.4) is 0 Å². The zero-order chi connectivity index (χ0) is 20.8. The number of nitrogens with zero attached hydrogens (tertiary/aromatic N) is 3. The Hall–Kier alpha value is -3.45. The highest BCUT2D eigenvalue weighted by Gasteiger charge is 2.13. The third-order valence-corrected chi connectivity index (χ3v) is 5.23. The molecule has 2 aromatic heterocycles. The number of aromatic nitrogens is 3. The SMILES string of the molecule is CCOC(=O)c1cnn(Cc2nc(-c3ccccc3OCc3ccccc3)cs2)c1. The van der Waals surface area contributed by atoms with E-state index in [9.17, 15) is 4.79 Å². The van der Waals surface area contributed by atoms with E-state index < -0.39 is 0 Å². The number of benzene rings is 2. The average Bonchev–Trinajstić information content (AvgIpc) is 3.44. The van der Waals surface area contributed by atoms with E-state index in [1.807, 2.05) is 60.0 Å². The van der Waals surface area contributed by atoms with Gasteiger partial charge >= 0.3 is 5.97 Å². The zero-order valence-corrected chi connectivity index (χ0v) is 17.3. The third-order valence-electron chi connectivity index (χ3n) is 4.39. The molecule has 0 atom stereocenters. The molecule has 0 aliphatic rings. The van der Waals surface area contributed by atoms with Gasteiger partial charge in [-0.05, 0) is 24.6 Å². The Kier molecular flexibility index (Phi) is 6.20. The van der Waals surface area contributed by atoms with Crippen molar-refractivity contribution < 1.29 is 14.3 Å². The van der Waals surface area contributed by atoms with Gasteiger partial charge in [-0.25, -0.2) is 9.78 Å². The number of hydrogen-bond acceptors (Lipinski definition) is 6. The van der Waals surface area contributed by atoms with Crippen molar-refractivity contribution in [2.75, 3.05) is 6.61 Å². The molecular weight excluding hydrogens is 398 g/mol. The van der Waals surface area contributed by atoms with Gasteiger partial charge in [-0.1, -0.05) is 42.5 Å². The first-order chi connectivity index (χ1) is 14.7. The molecule has 0 saturated carbocycles. The van der Waals surface area contributed by atoms with Crippen LogP contribution in [0.4, 0.5) is 0 Å². The van der Waals surface area contributed by atoms with Crippen LogP contribution >= 0.6 is 11.3 Å². The average molecular weight is 420 g/mol. The van der Waals surface area contributed by atoms with E-state index >= 15 is 0 Å². The highest BCUT2D eigenvalue weighted by molar-refractivity contribution is 7.09. The van der Waals surface area contributed by atoms with Gasteiger partial charge in [0.05, 0.1) is 30.6 Å². The van der Waals surface area contributed by atoms with Gasteiger partial charge in [0.1, 0.15) is 17.4 Å². The highest BCUT2D eigenvalue weighted by Crippen LogP contribution is 2.31. The van der Waals surface area contributed by atoms with Gasteiger partial charge in [-0.3, -0.25) is 4.68 Å². The Morgan fingerprint density at radius 3 is 2.73 bits per heavy atom. The number of para-hydroxylation sites is 1. The lowest BCUT2D eigenvalue weighted by Crippen LogP contribution is -2.04. The second kappa shape index (κ2) is 9.37. The second-order valence-electron chi connectivity index (χ2n) is 6.54. The second-order valence-corrected chi connectivity index (χ2v) is 7.49. The van der Waals surface area contributed by atoms with Gasteiger partial charge in [-0.15, -0.1) is 11.3 Å². The maximum atomic E-state index is 11.8. The predicted octanol–water partition coefficient (Wildman–Crippen LogP) is 4.81. The van der Waals surface area contributed by atoms with Crippen LogP contribution in [0.2, 0.25) is 0 Å². The number of esters is 1. The number of carbonyl (C=O) groups is 1. The topological polar surface area (TPSA) is 66.2 Å². The summed E-state index contributed by atoms with van der Waals surface area (Å²) in [5.74, 6) is 0.426. The molecule has 2 aromatic carbocycles. The number of thiazole rings is 1. The van der Waals surface area contributed by atoms with Crippen molar-refractivity contribution >= 4 is 17.3 Å². The maximum absolute atomic E-state index is 11.8. The summed E-state index contributed by atoms with van der Waals surface area (Å²) in [4.78, 5) is 16.5. The minimum Gasteiger partial charge on any atom is -0.488 e. The van der Waals surface area contributed by atoms with Gasteiger partial charge in [0.15, 0.2) is 0 Å². The summed E-state index contributed by atoms with van der Waals surface area (Å²) in [5, 5.41) is 7.14. The Balaban J connectivity index is 1.47. The number of hydrogen-bond donors (Lipinski definition) is 0. The lowest BCUT2D eigenvalue weighted by atomic mass is 10.1. The van der Waals surface area contributed by atoms with Gasteiger partial charge in [0.2, 0.25) is 0 Å². The van der Waals surface area contributed by atoms with E-state index in [0.717, 1.165) is 27.6 Å². The van der Waals surface area contributed by atoms with Gasteiger partial charge in [0, 0.05) is 17.1 Å². The molecule has 2 heterocycles. The van der Waals surface area contributed by atoms with Crippen LogP contribution in [0.5, 0.6) is 5.75 Å². The standard InChI is InChI=1S/C23H21N3O3S/c1-2-28-23(27)18-12-24-26(13-18)14-22-25-20(16-30-22)19-10-6-7-11-21(19)29-15-17-8-4-3-5-9-17/h3-13,16H,2,14-15H2,1H3. The molecule has 0 N–H and O–H groups in total. The Morgan fingerprint density at radius 2 is 1.90 bits per heavy atom. The van der Waals surface area contributed by atoms with E-state index in [0.29, 0.717) is 25.3 Å². The fourth-order valence-corrected chi connectivity index (χ4v) is 3.74. The summed E-state index contributed by atoms with van der Waals surface area (Å²) < 4.78 is 12.7. The first-order valence-electron chi connectivity index (χ1n) is 9.63. The van der Waals surface area contributed by atoms with Gasteiger partial charge in [0.25, 0.3) is 0 Å². The molecule has 0 spiro atoms. The molecule has 7 heteroatoms. The molecule has 0 unspecified atom stereocenters. The Bertz CT molecular complexity index is 1120. The largest absolute Gasteiger partial charge is 0.488 e. The van der Waals surface area contributed by atoms with E-state index in [1.54, 1.807) is 29.1 Å². The molecule has 0 bridgehead atoms. The molecule has 0 saturated heterocycles. The Labute approximate surface area is 178 Å². The summed E-state index contributed by atoms with van der Waals surface area (Å²) in [6.07, 6.45) is 3.19. The molecule has 0 aliphatic heterocycles. The van der Waals surface area contributed by atoms with Crippen LogP contribution in [0.1, 0.15) is 27.9 Å². The number of ether oxygens (including phenoxy) is 2. The van der Waals surface area contributed by atoms with Gasteiger partial charge < -0.3 is 9.47 Å². The van der Waals surface area contributed by atoms with E-state index in [1.165, 1.54) is 6.20 Å². The zero-order valence-electron chi connectivity index (χ0n) is 16.5. The monoisotopic (exact) mass is 419 g/mol. The minimum absolute atomic E-state index is 0.339. The fraction of sp³-hybridized carbons (Fsp3) is 0.174. The van der Waals surface area contributed by atoms with Crippen molar-refractivity contribution in [3.05, 3.63) is 88.5 Å². The van der Waals surface area contributed by atoms with Crippen molar-refractivity contribution in [2.24, 2.45) is 0 Å². The van der Waals surface area contributed by atoms with Crippen molar-refractivity contribution in [3.8, 4) is 17.0 Å². The van der Waals surface area contributed by atoms with Crippen LogP contribution in [-0.2, 0) is 17.9 Å². The predicted molar refractivity (Wildman–Crippen MR) is 116 cm³/mol. The molecular formula is C23H21N3O3S. The summed E-state index contributed by atoms with van der Waals surface area (Å²) in [6.45, 7) is 3.10. The third kappa shape index (κ3) is 4.75. The first-order valence-corrected chi connectivity index (χ1v) is 10.5. The molecule has 0 amide bonds. The summed E-state index contributed by atoms with van der Waals surface area (Å²) in [5.41, 5.74) is 3.36. The lowest BCUT2D eigenvalue weighted by Gasteiger charge is -2.10. The Morgan fingerprint density at radius 1 is 1.10 bits per heavy atom. The van der Waals surface area contributed by atoms with Gasteiger partial charge in [-0.2, -0.15) is 5.10 Å². The van der Waals surface area contributed by atoms with Crippen molar-refractivity contribution in [1.29, 1.82) is 0 Å². The van der Waals surface area contributed by atoms with Crippen molar-refractivity contribution in [2.45, 2.75) is 20.1 Å². The van der Waals surface area contributed by atoms with Crippen molar-refractivity contribution in [1.82, 2.24) is 14.8 Å². The maximum Gasteiger partial charge on any atom is 0.341 e. The normalized spacial score (nSPS) is 10.7. The van der Waals surface area contributed by atoms with Crippen LogP contribution in [0, 0.1) is 0 Å². The summed E-state index contributed by atoms with van der Waals surface area (Å²) in [6, 6.07) is 18.0. The van der Waals surface area contributed by atoms with E-state index in [2.05, 4.69) is 5.10 Å². The molecule has 152 valence electrons. The van der Waals surface area contributed by atoms with Crippen LogP contribution in [-0.4, -0.2) is 27.3 Å². The molecule has 6 nitrogen and oxygen atoms in total. The lowest BCUT2D eigenvalue weighted by molar-refractivity contribution is 0.0526.